The van der Waals surface area contributed by atoms with E-state index >= 15 is 0 Å². The molecule has 0 aliphatic heterocycles. The Morgan fingerprint density at radius 2 is 1.96 bits per heavy atom. The van der Waals surface area contributed by atoms with E-state index in [0.717, 1.165) is 0 Å². The van der Waals surface area contributed by atoms with Crippen LogP contribution in [0.1, 0.15) is 0 Å². The number of phenols is 1. The van der Waals surface area contributed by atoms with E-state index in [1.807, 2.05) is 6.07 Å². The zero-order valence-corrected chi connectivity index (χ0v) is 14.4. The molecule has 7 nitrogen and oxygen atoms in total. The van der Waals surface area contributed by atoms with E-state index in [9.17, 15) is 20.0 Å². The van der Waals surface area contributed by atoms with Gasteiger partial charge in [0.25, 0.3) is 0 Å². The predicted octanol–water partition coefficient (Wildman–Crippen LogP) is 3.69. The summed E-state index contributed by atoms with van der Waals surface area (Å²) in [4.78, 5) is 22.9. The highest BCUT2D eigenvalue weighted by Gasteiger charge is 2.30. The molecule has 0 fully saturated rings. The van der Waals surface area contributed by atoms with Crippen molar-refractivity contribution >= 4 is 39.2 Å². The minimum atomic E-state index is -0.791. The van der Waals surface area contributed by atoms with Crippen LogP contribution < -0.4 is 10.2 Å². The van der Waals surface area contributed by atoms with Gasteiger partial charge in [0, 0.05) is 11.6 Å². The van der Waals surface area contributed by atoms with Crippen molar-refractivity contribution in [3.8, 4) is 22.8 Å². The molecule has 3 aromatic rings. The number of phenolic OH excluding ortho intramolecular Hbond substituents is 1. The van der Waals surface area contributed by atoms with Gasteiger partial charge in [-0.25, -0.2) is 0 Å². The zero-order valence-electron chi connectivity index (χ0n) is 12.3. The van der Waals surface area contributed by atoms with Crippen molar-refractivity contribution in [2.24, 2.45) is 0 Å². The van der Waals surface area contributed by atoms with Gasteiger partial charge in [0.15, 0.2) is 11.0 Å². The number of fused-ring (bicyclic) bond motifs is 1. The SMILES string of the molecule is COc1c([N+](=O)[O-])c(O)c2c(=O)cc(-c3ccccc3)oc2c1I. The normalized spacial score (nSPS) is 10.8. The fourth-order valence-electron chi connectivity index (χ4n) is 2.41. The predicted molar refractivity (Wildman–Crippen MR) is 95.5 cm³/mol. The van der Waals surface area contributed by atoms with Crippen LogP contribution in [-0.2, 0) is 0 Å². The number of benzene rings is 2. The van der Waals surface area contributed by atoms with Gasteiger partial charge in [0.05, 0.1) is 12.0 Å². The fraction of sp³-hybridized carbons (Fsp3) is 0.0625. The van der Waals surface area contributed by atoms with Crippen LogP contribution in [0, 0.1) is 13.7 Å². The van der Waals surface area contributed by atoms with E-state index in [2.05, 4.69) is 0 Å². The van der Waals surface area contributed by atoms with Crippen LogP contribution >= 0.6 is 22.6 Å². The van der Waals surface area contributed by atoms with Crippen molar-refractivity contribution in [1.82, 2.24) is 0 Å². The highest BCUT2D eigenvalue weighted by molar-refractivity contribution is 14.1. The molecule has 0 radical (unpaired) electrons. The Morgan fingerprint density at radius 3 is 2.54 bits per heavy atom. The van der Waals surface area contributed by atoms with E-state index in [1.165, 1.54) is 13.2 Å². The number of hydrogen-bond acceptors (Lipinski definition) is 6. The second kappa shape index (κ2) is 6.11. The van der Waals surface area contributed by atoms with E-state index in [4.69, 9.17) is 9.15 Å². The molecule has 24 heavy (non-hydrogen) atoms. The number of aromatic hydroxyl groups is 1. The maximum atomic E-state index is 12.4. The van der Waals surface area contributed by atoms with Crippen molar-refractivity contribution in [2.45, 2.75) is 0 Å². The van der Waals surface area contributed by atoms with Crippen molar-refractivity contribution < 1.29 is 19.2 Å². The van der Waals surface area contributed by atoms with Gasteiger partial charge in [0.2, 0.25) is 11.5 Å². The second-order valence-electron chi connectivity index (χ2n) is 4.85. The van der Waals surface area contributed by atoms with Crippen LogP contribution in [0.2, 0.25) is 0 Å². The molecule has 0 atom stereocenters. The van der Waals surface area contributed by atoms with Crippen molar-refractivity contribution in [3.05, 3.63) is 60.3 Å². The first kappa shape index (κ1) is 16.2. The van der Waals surface area contributed by atoms with Gasteiger partial charge >= 0.3 is 5.69 Å². The third-order valence-electron chi connectivity index (χ3n) is 3.47. The molecule has 122 valence electrons. The first-order chi connectivity index (χ1) is 11.5. The summed E-state index contributed by atoms with van der Waals surface area (Å²) in [6, 6.07) is 10.1. The molecular weight excluding hydrogens is 429 g/mol. The first-order valence-electron chi connectivity index (χ1n) is 6.71. The van der Waals surface area contributed by atoms with Crippen LogP contribution in [0.25, 0.3) is 22.3 Å². The number of ether oxygens (including phenoxy) is 1. The summed E-state index contributed by atoms with van der Waals surface area (Å²) >= 11 is 1.79. The van der Waals surface area contributed by atoms with E-state index in [1.54, 1.807) is 46.9 Å². The molecule has 1 heterocycles. The molecule has 1 N–H and O–H groups in total. The van der Waals surface area contributed by atoms with Gasteiger partial charge in [-0.1, -0.05) is 30.3 Å². The van der Waals surface area contributed by atoms with E-state index in [-0.39, 0.29) is 20.3 Å². The van der Waals surface area contributed by atoms with Gasteiger partial charge in [-0.05, 0) is 22.6 Å². The van der Waals surface area contributed by atoms with Crippen molar-refractivity contribution in [3.63, 3.8) is 0 Å². The average molecular weight is 439 g/mol. The number of hydrogen-bond donors (Lipinski definition) is 1. The minimum absolute atomic E-state index is 0.0434. The van der Waals surface area contributed by atoms with Crippen LogP contribution in [-0.4, -0.2) is 17.1 Å². The van der Waals surface area contributed by atoms with Gasteiger partial charge in [-0.3, -0.25) is 14.9 Å². The molecule has 0 spiro atoms. The number of halogens is 1. The van der Waals surface area contributed by atoms with Gasteiger partial charge < -0.3 is 14.3 Å². The lowest BCUT2D eigenvalue weighted by Gasteiger charge is -2.10. The Balaban J connectivity index is 2.45. The number of rotatable bonds is 3. The average Bonchev–Trinajstić information content (AvgIpc) is 2.57. The van der Waals surface area contributed by atoms with Crippen LogP contribution in [0.5, 0.6) is 11.5 Å². The summed E-state index contributed by atoms with van der Waals surface area (Å²) in [5, 5.41) is 21.2. The Hall–Kier alpha value is -2.62. The topological polar surface area (TPSA) is 103 Å². The molecule has 0 aliphatic carbocycles. The highest BCUT2D eigenvalue weighted by atomic mass is 127. The number of nitro benzene ring substituents is 1. The molecule has 0 unspecified atom stereocenters. The largest absolute Gasteiger partial charge is 0.501 e. The fourth-order valence-corrected chi connectivity index (χ4v) is 3.26. The summed E-state index contributed by atoms with van der Waals surface area (Å²) in [5.74, 6) is -0.624. The Bertz CT molecular complexity index is 1010. The van der Waals surface area contributed by atoms with Crippen LogP contribution in [0.4, 0.5) is 5.69 Å². The zero-order chi connectivity index (χ0) is 17.4. The molecule has 0 bridgehead atoms. The standard InChI is InChI=1S/C16H10INO6/c1-23-16-12(17)15-11(14(20)13(16)18(21)22)9(19)7-10(24-15)8-5-3-2-4-6-8/h2-7,20H,1H3. The van der Waals surface area contributed by atoms with Crippen LogP contribution in [0.15, 0.2) is 45.6 Å². The van der Waals surface area contributed by atoms with Gasteiger partial charge in [-0.2, -0.15) is 0 Å². The lowest BCUT2D eigenvalue weighted by molar-refractivity contribution is -0.386. The maximum absolute atomic E-state index is 12.4. The lowest BCUT2D eigenvalue weighted by Crippen LogP contribution is -2.05. The Kier molecular flexibility index (Phi) is 4.14. The molecule has 0 amide bonds. The summed E-state index contributed by atoms with van der Waals surface area (Å²) in [6.07, 6.45) is 0. The first-order valence-corrected chi connectivity index (χ1v) is 7.79. The quantitative estimate of drug-likeness (QED) is 0.380. The lowest BCUT2D eigenvalue weighted by atomic mass is 10.1. The molecule has 2 aromatic carbocycles. The Labute approximate surface area is 148 Å². The summed E-state index contributed by atoms with van der Waals surface area (Å²) in [5.41, 5.74) is -0.517. The van der Waals surface area contributed by atoms with E-state index in [0.29, 0.717) is 11.3 Å². The van der Waals surface area contributed by atoms with Gasteiger partial charge in [-0.15, -0.1) is 0 Å². The minimum Gasteiger partial charge on any atom is -0.501 e. The Morgan fingerprint density at radius 1 is 1.29 bits per heavy atom. The molecule has 3 rings (SSSR count). The van der Waals surface area contributed by atoms with Gasteiger partial charge in [0.1, 0.15) is 14.7 Å². The molecule has 0 aliphatic rings. The number of nitro groups is 1. The summed E-state index contributed by atoms with van der Waals surface area (Å²) in [6.45, 7) is 0. The molecule has 8 heteroatoms. The maximum Gasteiger partial charge on any atom is 0.354 e. The third kappa shape index (κ3) is 2.48. The van der Waals surface area contributed by atoms with E-state index < -0.39 is 21.8 Å². The molecular formula is C16H10INO6. The monoisotopic (exact) mass is 439 g/mol. The molecule has 1 aromatic heterocycles. The molecule has 0 saturated carbocycles. The van der Waals surface area contributed by atoms with Crippen molar-refractivity contribution in [2.75, 3.05) is 7.11 Å². The smallest absolute Gasteiger partial charge is 0.354 e. The number of methoxy groups -OCH3 is 1. The summed E-state index contributed by atoms with van der Waals surface area (Å²) in [7, 11) is 1.24. The summed E-state index contributed by atoms with van der Waals surface area (Å²) < 4.78 is 11.0. The van der Waals surface area contributed by atoms with Crippen molar-refractivity contribution in [1.29, 1.82) is 0 Å². The highest BCUT2D eigenvalue weighted by Crippen LogP contribution is 2.45. The number of nitrogens with zero attached hydrogens (tertiary/aromatic N) is 1. The van der Waals surface area contributed by atoms with Crippen LogP contribution in [0.3, 0.4) is 0 Å². The third-order valence-corrected chi connectivity index (χ3v) is 4.45. The second-order valence-corrected chi connectivity index (χ2v) is 5.93. The molecule has 0 saturated heterocycles.